The second-order valence-electron chi connectivity index (χ2n) is 0.712. The third kappa shape index (κ3) is 0.597. The molecular weight excluding hydrogens is 98.1 g/mol. The molecule has 0 bridgehead atoms. The molecule has 0 atom stereocenters. The van der Waals surface area contributed by atoms with Crippen molar-refractivity contribution in [2.45, 2.75) is 0 Å². The van der Waals surface area contributed by atoms with E-state index in [-0.39, 0.29) is 5.91 Å². The van der Waals surface area contributed by atoms with E-state index < -0.39 is 0 Å². The Bertz CT molecular complexity index is 99.0. The van der Waals surface area contributed by atoms with E-state index in [1.165, 1.54) is 0 Å². The van der Waals surface area contributed by atoms with Gasteiger partial charge < -0.3 is 0 Å². The van der Waals surface area contributed by atoms with Gasteiger partial charge in [0.25, 0.3) is 5.91 Å². The van der Waals surface area contributed by atoms with Gasteiger partial charge in [-0.1, -0.05) is 11.8 Å². The van der Waals surface area contributed by atoms with Gasteiger partial charge in [-0.15, -0.1) is 0 Å². The number of aliphatic imine (C=N–C) groups is 1. The molecular formula is C3NOS. The highest BCUT2D eigenvalue weighted by Gasteiger charge is 2.04. The normalized spacial score (nSPS) is 19.7. The fraction of sp³-hybridized carbons (Fsp3) is 0. The van der Waals surface area contributed by atoms with Crippen LogP contribution < -0.4 is 0 Å². The molecule has 0 unspecified atom stereocenters. The maximum atomic E-state index is 9.88. The van der Waals surface area contributed by atoms with Gasteiger partial charge in [0.1, 0.15) is 5.55 Å². The number of nitrogens with zero attached hydrogens (tertiary/aromatic N) is 1. The zero-order chi connectivity index (χ0) is 4.41. The highest BCUT2D eigenvalue weighted by molar-refractivity contribution is 8.15. The minimum atomic E-state index is -0.319. The Labute approximate surface area is 39.6 Å². The number of hydrogen-bond donors (Lipinski definition) is 0. The quantitative estimate of drug-likeness (QED) is 0.433. The second-order valence-corrected chi connectivity index (χ2v) is 1.30. The molecule has 1 amide bonds. The van der Waals surface area contributed by atoms with E-state index in [9.17, 15) is 4.79 Å². The lowest BCUT2D eigenvalue weighted by Crippen LogP contribution is -1.79. The predicted molar refractivity (Wildman–Crippen MR) is 23.3 cm³/mol. The highest BCUT2D eigenvalue weighted by atomic mass is 32.2. The van der Waals surface area contributed by atoms with Crippen molar-refractivity contribution in [2.75, 3.05) is 0 Å². The smallest absolute Gasteiger partial charge is 0.267 e. The van der Waals surface area contributed by atoms with Crippen LogP contribution in [0.5, 0.6) is 0 Å². The van der Waals surface area contributed by atoms with Gasteiger partial charge in [0.15, 0.2) is 5.75 Å². The average molecular weight is 98.1 g/mol. The van der Waals surface area contributed by atoms with Crippen molar-refractivity contribution in [1.29, 1.82) is 0 Å². The molecule has 3 radical (unpaired) electrons. The monoisotopic (exact) mass is 98.0 g/mol. The Morgan fingerprint density at radius 3 is 2.83 bits per heavy atom. The molecule has 0 N–H and O–H groups in total. The van der Waals surface area contributed by atoms with E-state index >= 15 is 0 Å². The molecule has 0 aromatic heterocycles. The summed E-state index contributed by atoms with van der Waals surface area (Å²) in [6.07, 6.45) is 0. The van der Waals surface area contributed by atoms with Crippen LogP contribution in [0.25, 0.3) is 0 Å². The first-order chi connectivity index (χ1) is 2.89. The summed E-state index contributed by atoms with van der Waals surface area (Å²) < 4.78 is 0. The van der Waals surface area contributed by atoms with Crippen LogP contribution in [-0.2, 0) is 4.79 Å². The fourth-order valence-corrected chi connectivity index (χ4v) is 0.461. The molecule has 0 saturated heterocycles. The van der Waals surface area contributed by atoms with E-state index in [4.69, 9.17) is 0 Å². The van der Waals surface area contributed by atoms with E-state index in [2.05, 4.69) is 16.3 Å². The third-order valence-electron chi connectivity index (χ3n) is 0.331. The van der Waals surface area contributed by atoms with Crippen LogP contribution in [0.2, 0.25) is 0 Å². The van der Waals surface area contributed by atoms with Crippen molar-refractivity contribution in [1.82, 2.24) is 0 Å². The summed E-state index contributed by atoms with van der Waals surface area (Å²) in [5.74, 6) is 2.00. The predicted octanol–water partition coefficient (Wildman–Crippen LogP) is 0.204. The lowest BCUT2D eigenvalue weighted by atomic mass is 10.8. The average Bonchev–Trinajstić information content (AvgIpc) is 1.86. The molecule has 0 saturated carbocycles. The van der Waals surface area contributed by atoms with Gasteiger partial charge >= 0.3 is 0 Å². The van der Waals surface area contributed by atoms with Gasteiger partial charge in [0.05, 0.1) is 0 Å². The van der Waals surface area contributed by atoms with Crippen molar-refractivity contribution in [3.8, 4) is 0 Å². The van der Waals surface area contributed by atoms with Crippen molar-refractivity contribution in [2.24, 2.45) is 4.99 Å². The third-order valence-corrected chi connectivity index (χ3v) is 0.790. The Kier molecular flexibility index (Phi) is 0.919. The van der Waals surface area contributed by atoms with Crippen LogP contribution in [0.15, 0.2) is 4.99 Å². The van der Waals surface area contributed by atoms with Crippen molar-refractivity contribution in [3.63, 3.8) is 0 Å². The van der Waals surface area contributed by atoms with Gasteiger partial charge in [0, 0.05) is 0 Å². The number of thioether (sulfide) groups is 1. The highest BCUT2D eigenvalue weighted by Crippen LogP contribution is 2.08. The summed E-state index contributed by atoms with van der Waals surface area (Å²) in [5.41, 5.74) is 2.35. The van der Waals surface area contributed by atoms with Gasteiger partial charge in [-0.3, -0.25) is 4.79 Å². The molecule has 2 nitrogen and oxygen atoms in total. The van der Waals surface area contributed by atoms with Crippen LogP contribution in [0.1, 0.15) is 0 Å². The largest absolute Gasteiger partial charge is 0.271 e. The molecule has 0 aromatic carbocycles. The van der Waals surface area contributed by atoms with Crippen molar-refractivity contribution in [3.05, 3.63) is 5.75 Å². The van der Waals surface area contributed by atoms with Crippen LogP contribution >= 0.6 is 11.8 Å². The molecule has 0 aliphatic carbocycles. The van der Waals surface area contributed by atoms with Crippen LogP contribution in [0, 0.1) is 5.75 Å². The summed E-state index contributed by atoms with van der Waals surface area (Å²) >= 11 is 1.07. The van der Waals surface area contributed by atoms with Crippen molar-refractivity contribution < 1.29 is 4.79 Å². The lowest BCUT2D eigenvalue weighted by molar-refractivity contribution is -0.113. The summed E-state index contributed by atoms with van der Waals surface area (Å²) in [6, 6.07) is 0. The number of hydrogen-bond acceptors (Lipinski definition) is 2. The van der Waals surface area contributed by atoms with Gasteiger partial charge in [-0.05, 0) is 0 Å². The van der Waals surface area contributed by atoms with E-state index in [0.717, 1.165) is 11.8 Å². The molecule has 1 heterocycles. The number of carbonyl (C=O) groups excluding carboxylic acids is 1. The maximum absolute atomic E-state index is 9.88. The molecule has 0 spiro atoms. The Balaban J connectivity index is 2.59. The second kappa shape index (κ2) is 1.43. The first kappa shape index (κ1) is 3.87. The zero-order valence-corrected chi connectivity index (χ0v) is 3.58. The molecule has 0 fully saturated rings. The number of amides is 1. The Hall–Kier alpha value is -0.310. The molecule has 3 heteroatoms. The summed E-state index contributed by atoms with van der Waals surface area (Å²) in [7, 11) is 0. The standard InChI is InChI=1S/C3NOS/c5-3-1-6-2-4-3. The van der Waals surface area contributed by atoms with Crippen molar-refractivity contribution >= 4 is 23.2 Å². The summed E-state index contributed by atoms with van der Waals surface area (Å²) in [4.78, 5) is 13.1. The summed E-state index contributed by atoms with van der Waals surface area (Å²) in [5, 5.41) is 0. The SMILES string of the molecule is O=C1[C]S[C]=N1. The number of carbonyl (C=O) groups is 1. The van der Waals surface area contributed by atoms with Crippen LogP contribution in [-0.4, -0.2) is 11.5 Å². The van der Waals surface area contributed by atoms with Crippen LogP contribution in [0.3, 0.4) is 0 Å². The Morgan fingerprint density at radius 2 is 2.67 bits per heavy atom. The molecule has 0 aromatic rings. The first-order valence-electron chi connectivity index (χ1n) is 1.31. The Morgan fingerprint density at radius 1 is 1.83 bits per heavy atom. The van der Waals surface area contributed by atoms with E-state index in [1.54, 1.807) is 0 Å². The fourth-order valence-electron chi connectivity index (χ4n) is 0.154. The van der Waals surface area contributed by atoms with Gasteiger partial charge in [-0.2, -0.15) is 0 Å². The van der Waals surface area contributed by atoms with Gasteiger partial charge in [0.2, 0.25) is 0 Å². The molecule has 1 rings (SSSR count). The molecule has 6 heavy (non-hydrogen) atoms. The molecule has 1 aliphatic rings. The molecule has 1 aliphatic heterocycles. The lowest BCUT2D eigenvalue weighted by Gasteiger charge is -1.65. The zero-order valence-electron chi connectivity index (χ0n) is 2.76. The molecule has 29 valence electrons. The minimum absolute atomic E-state index is 0.319. The van der Waals surface area contributed by atoms with E-state index in [1.807, 2.05) is 0 Å². The van der Waals surface area contributed by atoms with Crippen LogP contribution in [0.4, 0.5) is 0 Å². The van der Waals surface area contributed by atoms with Gasteiger partial charge in [-0.25, -0.2) is 4.99 Å². The van der Waals surface area contributed by atoms with E-state index in [0.29, 0.717) is 0 Å². The maximum Gasteiger partial charge on any atom is 0.267 e. The topological polar surface area (TPSA) is 29.4 Å². The number of rotatable bonds is 0. The first-order valence-corrected chi connectivity index (χ1v) is 2.13. The summed E-state index contributed by atoms with van der Waals surface area (Å²) in [6.45, 7) is 0. The minimum Gasteiger partial charge on any atom is -0.271 e.